The predicted octanol–water partition coefficient (Wildman–Crippen LogP) is 21.0. The van der Waals surface area contributed by atoms with Gasteiger partial charge in [-0.25, -0.2) is 0 Å². The molecule has 0 unspecified atom stereocenters. The Morgan fingerprint density at radius 2 is 0.610 bits per heavy atom. The van der Waals surface area contributed by atoms with Crippen molar-refractivity contribution in [3.05, 3.63) is 301 Å². The molecule has 0 radical (unpaired) electrons. The van der Waals surface area contributed by atoms with Gasteiger partial charge in [-0.05, 0) is 152 Å². The van der Waals surface area contributed by atoms with Crippen LogP contribution >= 0.6 is 22.7 Å². The third-order valence-electron chi connectivity index (χ3n) is 16.3. The van der Waals surface area contributed by atoms with Gasteiger partial charge >= 0.3 is 0 Å². The molecule has 0 amide bonds. The molecule has 12 aromatic carbocycles. The summed E-state index contributed by atoms with van der Waals surface area (Å²) in [5.74, 6) is 0. The van der Waals surface area contributed by atoms with Crippen molar-refractivity contribution in [1.29, 1.82) is 0 Å². The fourth-order valence-corrected chi connectivity index (χ4v) is 15.2. The van der Waals surface area contributed by atoms with Crippen LogP contribution in [0.4, 0.5) is 34.1 Å². The zero-order valence-corrected chi connectivity index (χ0v) is 43.4. The molecule has 14 aromatic rings. The highest BCUT2D eigenvalue weighted by molar-refractivity contribution is 7.26. The van der Waals surface area contributed by atoms with Crippen molar-refractivity contribution in [1.82, 2.24) is 0 Å². The van der Waals surface area contributed by atoms with Gasteiger partial charge in [0.15, 0.2) is 0 Å². The Morgan fingerprint density at radius 1 is 0.247 bits per heavy atom. The van der Waals surface area contributed by atoms with Gasteiger partial charge in [-0.3, -0.25) is 0 Å². The lowest BCUT2D eigenvalue weighted by molar-refractivity contribution is 0.719. The van der Waals surface area contributed by atoms with Crippen LogP contribution in [-0.2, 0) is 5.41 Å². The largest absolute Gasteiger partial charge is 0.310 e. The Hall–Kier alpha value is -9.32. The number of benzene rings is 12. The van der Waals surface area contributed by atoms with E-state index in [1.807, 2.05) is 22.7 Å². The second-order valence-electron chi connectivity index (χ2n) is 20.3. The van der Waals surface area contributed by atoms with Gasteiger partial charge in [0.05, 0.1) is 28.2 Å². The van der Waals surface area contributed by atoms with Crippen molar-refractivity contribution >= 4 is 97.1 Å². The van der Waals surface area contributed by atoms with Gasteiger partial charge in [0.25, 0.3) is 0 Å². The fourth-order valence-electron chi connectivity index (χ4n) is 13.0. The second-order valence-corrected chi connectivity index (χ2v) is 22.5. The molecule has 1 spiro atoms. The minimum absolute atomic E-state index is 0.744. The molecule has 4 heterocycles. The van der Waals surface area contributed by atoms with Gasteiger partial charge in [-0.2, -0.15) is 0 Å². The number of rotatable bonds is 6. The van der Waals surface area contributed by atoms with Gasteiger partial charge in [-0.1, -0.05) is 194 Å². The summed E-state index contributed by atoms with van der Waals surface area (Å²) >= 11 is 3.74. The maximum Gasteiger partial charge on any atom is 0.0783 e. The van der Waals surface area contributed by atoms with E-state index in [0.29, 0.717) is 0 Å². The highest BCUT2D eigenvalue weighted by Gasteiger charge is 2.52. The summed E-state index contributed by atoms with van der Waals surface area (Å²) in [6, 6.07) is 104. The zero-order chi connectivity index (χ0) is 50.6. The van der Waals surface area contributed by atoms with E-state index in [9.17, 15) is 0 Å². The predicted molar refractivity (Wildman–Crippen MR) is 329 cm³/mol. The Labute approximate surface area is 455 Å². The summed E-state index contributed by atoms with van der Waals surface area (Å²) in [4.78, 5) is 5.03. The normalized spacial score (nSPS) is 13.2. The van der Waals surface area contributed by atoms with Gasteiger partial charge in [0, 0.05) is 51.7 Å². The molecule has 77 heavy (non-hydrogen) atoms. The molecule has 2 aromatic heterocycles. The summed E-state index contributed by atoms with van der Waals surface area (Å²) in [6.07, 6.45) is 0. The Balaban J connectivity index is 0.922. The molecule has 0 fully saturated rings. The van der Waals surface area contributed by atoms with Crippen LogP contribution < -0.4 is 9.80 Å². The second kappa shape index (κ2) is 17.4. The summed E-state index contributed by atoms with van der Waals surface area (Å²) in [7, 11) is 0. The first-order chi connectivity index (χ1) is 38.2. The number of nitrogens with zero attached hydrogens (tertiary/aromatic N) is 2. The maximum absolute atomic E-state index is 2.51. The third kappa shape index (κ3) is 6.66. The smallest absolute Gasteiger partial charge is 0.0783 e. The third-order valence-corrected chi connectivity index (χ3v) is 18.5. The molecule has 0 bridgehead atoms. The summed E-state index contributed by atoms with van der Waals surface area (Å²) in [5.41, 5.74) is 20.7. The van der Waals surface area contributed by atoms with Crippen LogP contribution in [0, 0.1) is 0 Å². The Morgan fingerprint density at radius 3 is 1.06 bits per heavy atom. The molecule has 16 rings (SSSR count). The molecule has 360 valence electrons. The van der Waals surface area contributed by atoms with Crippen molar-refractivity contribution in [2.24, 2.45) is 0 Å². The SMILES string of the molecule is c1ccc(-c2ccc3c(c2)C2(c4ccccc4N3c3ccc(-c4cccc5sc6ccccc6c45)cc3)c3ccccc3N(c3ccc(-c4cccc5sc6ccccc6c45)cc3)c3ccc(-c4ccccc4)cc32)cc1. The van der Waals surface area contributed by atoms with Gasteiger partial charge in [0.1, 0.15) is 0 Å². The number of hydrogen-bond donors (Lipinski definition) is 0. The van der Waals surface area contributed by atoms with Gasteiger partial charge in [-0.15, -0.1) is 22.7 Å². The van der Waals surface area contributed by atoms with Crippen molar-refractivity contribution < 1.29 is 0 Å². The van der Waals surface area contributed by atoms with E-state index >= 15 is 0 Å². The molecule has 0 aliphatic carbocycles. The van der Waals surface area contributed by atoms with Crippen LogP contribution in [0.25, 0.3) is 84.9 Å². The van der Waals surface area contributed by atoms with Crippen LogP contribution in [0.5, 0.6) is 0 Å². The van der Waals surface area contributed by atoms with E-state index in [-0.39, 0.29) is 0 Å². The molecule has 0 atom stereocenters. The number of hydrogen-bond acceptors (Lipinski definition) is 4. The van der Waals surface area contributed by atoms with Crippen molar-refractivity contribution in [3.63, 3.8) is 0 Å². The summed E-state index contributed by atoms with van der Waals surface area (Å²) < 4.78 is 5.25. The van der Waals surface area contributed by atoms with Crippen LogP contribution in [0.1, 0.15) is 22.3 Å². The number of anilines is 6. The average molecular weight is 1020 g/mol. The minimum Gasteiger partial charge on any atom is -0.310 e. The molecule has 2 nitrogen and oxygen atoms in total. The van der Waals surface area contributed by atoms with Crippen molar-refractivity contribution in [2.75, 3.05) is 9.80 Å². The number of fused-ring (bicyclic) bond motifs is 14. The van der Waals surface area contributed by atoms with Crippen molar-refractivity contribution in [2.45, 2.75) is 5.41 Å². The quantitative estimate of drug-likeness (QED) is 0.164. The molecule has 0 N–H and O–H groups in total. The Bertz CT molecular complexity index is 4330. The average Bonchev–Trinajstić information content (AvgIpc) is 4.27. The molecule has 4 heteroatoms. The minimum atomic E-state index is -0.744. The maximum atomic E-state index is 2.51. The highest BCUT2D eigenvalue weighted by Crippen LogP contribution is 2.65. The van der Waals surface area contributed by atoms with E-state index in [1.54, 1.807) is 0 Å². The van der Waals surface area contributed by atoms with Gasteiger partial charge in [0.2, 0.25) is 0 Å². The van der Waals surface area contributed by atoms with Crippen LogP contribution in [-0.4, -0.2) is 0 Å². The molecular formula is C73H46N2S2. The molecule has 2 aliphatic rings. The first kappa shape index (κ1) is 44.0. The zero-order valence-electron chi connectivity index (χ0n) is 41.8. The topological polar surface area (TPSA) is 6.48 Å². The number of thiophene rings is 2. The Kier molecular flexibility index (Phi) is 9.93. The van der Waals surface area contributed by atoms with E-state index in [4.69, 9.17) is 0 Å². The lowest BCUT2D eigenvalue weighted by atomic mass is 9.59. The van der Waals surface area contributed by atoms with E-state index in [2.05, 4.69) is 289 Å². The summed E-state index contributed by atoms with van der Waals surface area (Å²) in [6.45, 7) is 0. The molecule has 2 aliphatic heterocycles. The monoisotopic (exact) mass is 1010 g/mol. The fraction of sp³-hybridized carbons (Fsp3) is 0.0137. The highest BCUT2D eigenvalue weighted by atomic mass is 32.1. The first-order valence-electron chi connectivity index (χ1n) is 26.4. The van der Waals surface area contributed by atoms with Crippen molar-refractivity contribution in [3.8, 4) is 44.5 Å². The van der Waals surface area contributed by atoms with Crippen LogP contribution in [0.2, 0.25) is 0 Å². The first-order valence-corrected chi connectivity index (χ1v) is 28.0. The van der Waals surface area contributed by atoms with Crippen LogP contribution in [0.15, 0.2) is 279 Å². The van der Waals surface area contributed by atoms with Gasteiger partial charge < -0.3 is 9.80 Å². The lowest BCUT2D eigenvalue weighted by Crippen LogP contribution is -2.42. The number of para-hydroxylation sites is 2. The standard InChI is InChI=1S/C73H46N2S2/c1-3-17-47(18-4-1)51-37-43-65-61(45-51)73(59-25-9-11-27-63(59)74(65)53-39-33-49(34-40-53)55-23-15-31-69-71(55)57-21-7-13-29-67(57)76-69)60-26-10-12-28-64(60)75(66-44-38-52(46-62(66)73)48-19-5-2-6-20-48)54-41-35-50(36-42-54)56-24-16-32-70-72(56)58-22-8-14-30-68(58)77-70/h1-46H. The lowest BCUT2D eigenvalue weighted by Gasteiger charge is -2.51. The van der Waals surface area contributed by atoms with E-state index in [1.165, 1.54) is 107 Å². The van der Waals surface area contributed by atoms with E-state index in [0.717, 1.165) is 34.1 Å². The van der Waals surface area contributed by atoms with E-state index < -0.39 is 5.41 Å². The van der Waals surface area contributed by atoms with Crippen LogP contribution in [0.3, 0.4) is 0 Å². The molecule has 0 saturated heterocycles. The summed E-state index contributed by atoms with van der Waals surface area (Å²) in [5, 5.41) is 5.27. The molecule has 0 saturated carbocycles. The molecular weight excluding hydrogens is 969 g/mol.